The Morgan fingerprint density at radius 2 is 1.41 bits per heavy atom. The van der Waals surface area contributed by atoms with Crippen LogP contribution >= 0.6 is 0 Å². The molecular weight excluding hydrogens is 356 g/mol. The Labute approximate surface area is 171 Å². The molecular formula is C26H26N2O. The zero-order chi connectivity index (χ0) is 19.6. The van der Waals surface area contributed by atoms with Crippen molar-refractivity contribution in [3.05, 3.63) is 72.3 Å². The fourth-order valence-electron chi connectivity index (χ4n) is 4.66. The largest absolute Gasteiger partial charge is 0.351 e. The van der Waals surface area contributed by atoms with Crippen molar-refractivity contribution in [2.24, 2.45) is 0 Å². The zero-order valence-corrected chi connectivity index (χ0v) is 16.7. The molecule has 0 unspecified atom stereocenters. The SMILES string of the molecule is O=C(NCCN1CCCCC1)c1cccc2c1ccc1c3ccccc3ccc21. The van der Waals surface area contributed by atoms with Gasteiger partial charge >= 0.3 is 0 Å². The Hall–Kier alpha value is -2.91. The first kappa shape index (κ1) is 18.1. The van der Waals surface area contributed by atoms with E-state index in [0.29, 0.717) is 6.54 Å². The summed E-state index contributed by atoms with van der Waals surface area (Å²) in [5.74, 6) is 0.0211. The summed E-state index contributed by atoms with van der Waals surface area (Å²) in [6, 6.07) is 23.1. The van der Waals surface area contributed by atoms with Crippen LogP contribution in [0.4, 0.5) is 0 Å². The van der Waals surface area contributed by atoms with Crippen LogP contribution in [0.5, 0.6) is 0 Å². The lowest BCUT2D eigenvalue weighted by atomic mass is 9.95. The average molecular weight is 383 g/mol. The summed E-state index contributed by atoms with van der Waals surface area (Å²) in [7, 11) is 0. The number of piperidine rings is 1. The highest BCUT2D eigenvalue weighted by atomic mass is 16.1. The summed E-state index contributed by atoms with van der Waals surface area (Å²) in [5.41, 5.74) is 0.760. The number of hydrogen-bond donors (Lipinski definition) is 1. The number of nitrogens with one attached hydrogen (secondary N) is 1. The van der Waals surface area contributed by atoms with Crippen molar-refractivity contribution >= 4 is 38.2 Å². The molecule has 146 valence electrons. The smallest absolute Gasteiger partial charge is 0.251 e. The van der Waals surface area contributed by atoms with Crippen molar-refractivity contribution in [3.8, 4) is 0 Å². The summed E-state index contributed by atoms with van der Waals surface area (Å²) < 4.78 is 0. The lowest BCUT2D eigenvalue weighted by Gasteiger charge is -2.26. The molecule has 5 rings (SSSR count). The molecule has 0 radical (unpaired) electrons. The highest BCUT2D eigenvalue weighted by molar-refractivity contribution is 6.20. The number of fused-ring (bicyclic) bond motifs is 5. The van der Waals surface area contributed by atoms with Crippen molar-refractivity contribution in [3.63, 3.8) is 0 Å². The van der Waals surface area contributed by atoms with Gasteiger partial charge in [0.2, 0.25) is 0 Å². The van der Waals surface area contributed by atoms with Crippen LogP contribution < -0.4 is 5.32 Å². The number of benzene rings is 4. The lowest BCUT2D eigenvalue weighted by molar-refractivity contribution is 0.0948. The number of likely N-dealkylation sites (tertiary alicyclic amines) is 1. The Kier molecular flexibility index (Phi) is 4.91. The van der Waals surface area contributed by atoms with E-state index in [1.54, 1.807) is 0 Å². The van der Waals surface area contributed by atoms with Gasteiger partial charge in [-0.05, 0) is 64.3 Å². The second kappa shape index (κ2) is 7.84. The standard InChI is InChI=1S/C26H26N2O/c29-26(27-15-18-28-16-4-1-5-17-28)25-10-6-9-21-23-12-11-19-7-2-3-8-20(19)22(23)13-14-24(21)25/h2-3,6-14H,1,4-5,15-18H2,(H,27,29). The van der Waals surface area contributed by atoms with E-state index in [9.17, 15) is 4.79 Å². The molecule has 3 heteroatoms. The van der Waals surface area contributed by atoms with Gasteiger partial charge in [-0.25, -0.2) is 0 Å². The number of rotatable bonds is 4. The fraction of sp³-hybridized carbons (Fsp3) is 0.269. The van der Waals surface area contributed by atoms with Gasteiger partial charge in [0.25, 0.3) is 5.91 Å². The molecule has 0 atom stereocenters. The third kappa shape index (κ3) is 3.47. The predicted molar refractivity (Wildman–Crippen MR) is 122 cm³/mol. The van der Waals surface area contributed by atoms with Crippen LogP contribution in [0.3, 0.4) is 0 Å². The summed E-state index contributed by atoms with van der Waals surface area (Å²) in [6.07, 6.45) is 3.89. The Balaban J connectivity index is 1.45. The second-order valence-corrected chi connectivity index (χ2v) is 8.01. The third-order valence-electron chi connectivity index (χ3n) is 6.19. The van der Waals surface area contributed by atoms with Gasteiger partial charge in [0.1, 0.15) is 0 Å². The van der Waals surface area contributed by atoms with E-state index in [0.717, 1.165) is 36.0 Å². The van der Waals surface area contributed by atoms with Crippen molar-refractivity contribution in [1.82, 2.24) is 10.2 Å². The van der Waals surface area contributed by atoms with E-state index in [4.69, 9.17) is 0 Å². The molecule has 4 aromatic rings. The Bertz CT molecular complexity index is 1190. The Morgan fingerprint density at radius 1 is 0.724 bits per heavy atom. The molecule has 1 aliphatic heterocycles. The molecule has 0 aromatic heterocycles. The van der Waals surface area contributed by atoms with Crippen LogP contribution in [0, 0.1) is 0 Å². The van der Waals surface area contributed by atoms with Gasteiger partial charge in [-0.15, -0.1) is 0 Å². The van der Waals surface area contributed by atoms with E-state index in [-0.39, 0.29) is 5.91 Å². The second-order valence-electron chi connectivity index (χ2n) is 8.01. The maximum absolute atomic E-state index is 12.9. The molecule has 1 aliphatic rings. The van der Waals surface area contributed by atoms with Crippen LogP contribution in [-0.2, 0) is 0 Å². The van der Waals surface area contributed by atoms with Crippen molar-refractivity contribution < 1.29 is 4.79 Å². The number of hydrogen-bond acceptors (Lipinski definition) is 2. The van der Waals surface area contributed by atoms with Gasteiger partial charge in [-0.3, -0.25) is 4.79 Å². The van der Waals surface area contributed by atoms with Gasteiger partial charge in [0.05, 0.1) is 0 Å². The van der Waals surface area contributed by atoms with Crippen molar-refractivity contribution in [2.75, 3.05) is 26.2 Å². The first-order chi connectivity index (χ1) is 14.3. The van der Waals surface area contributed by atoms with Gasteiger partial charge in [0, 0.05) is 18.7 Å². The van der Waals surface area contributed by atoms with Gasteiger partial charge in [-0.1, -0.05) is 67.1 Å². The van der Waals surface area contributed by atoms with E-state index >= 15 is 0 Å². The molecule has 29 heavy (non-hydrogen) atoms. The summed E-state index contributed by atoms with van der Waals surface area (Å²) in [5, 5.41) is 10.2. The van der Waals surface area contributed by atoms with E-state index in [1.807, 2.05) is 12.1 Å². The van der Waals surface area contributed by atoms with Crippen molar-refractivity contribution in [2.45, 2.75) is 19.3 Å². The number of carbonyl (C=O) groups is 1. The monoisotopic (exact) mass is 382 g/mol. The predicted octanol–water partition coefficient (Wildman–Crippen LogP) is 5.36. The summed E-state index contributed by atoms with van der Waals surface area (Å²) >= 11 is 0. The molecule has 3 nitrogen and oxygen atoms in total. The number of nitrogens with zero attached hydrogens (tertiary/aromatic N) is 1. The maximum Gasteiger partial charge on any atom is 0.251 e. The molecule has 1 heterocycles. The number of carbonyl (C=O) groups excluding carboxylic acids is 1. The topological polar surface area (TPSA) is 32.3 Å². The summed E-state index contributed by atoms with van der Waals surface area (Å²) in [6.45, 7) is 3.95. The van der Waals surface area contributed by atoms with Crippen LogP contribution in [0.25, 0.3) is 32.3 Å². The molecule has 1 saturated heterocycles. The number of amides is 1. The normalized spacial score (nSPS) is 15.2. The van der Waals surface area contributed by atoms with Crippen LogP contribution in [0.15, 0.2) is 66.7 Å². The fourth-order valence-corrected chi connectivity index (χ4v) is 4.66. The highest BCUT2D eigenvalue weighted by Gasteiger charge is 2.14. The maximum atomic E-state index is 12.9. The molecule has 0 saturated carbocycles. The molecule has 1 fully saturated rings. The molecule has 0 aliphatic carbocycles. The quantitative estimate of drug-likeness (QED) is 0.482. The first-order valence-corrected chi connectivity index (χ1v) is 10.6. The molecule has 0 bridgehead atoms. The molecule has 4 aromatic carbocycles. The van der Waals surface area contributed by atoms with Crippen LogP contribution in [0.2, 0.25) is 0 Å². The minimum Gasteiger partial charge on any atom is -0.351 e. The molecule has 1 N–H and O–H groups in total. The first-order valence-electron chi connectivity index (χ1n) is 10.6. The lowest BCUT2D eigenvalue weighted by Crippen LogP contribution is -2.37. The van der Waals surface area contributed by atoms with E-state index in [1.165, 1.54) is 40.8 Å². The van der Waals surface area contributed by atoms with Crippen molar-refractivity contribution in [1.29, 1.82) is 0 Å². The van der Waals surface area contributed by atoms with Crippen LogP contribution in [-0.4, -0.2) is 37.0 Å². The minimum atomic E-state index is 0.0211. The zero-order valence-electron chi connectivity index (χ0n) is 16.7. The Morgan fingerprint density at radius 3 is 2.31 bits per heavy atom. The van der Waals surface area contributed by atoms with Crippen LogP contribution in [0.1, 0.15) is 29.6 Å². The third-order valence-corrected chi connectivity index (χ3v) is 6.19. The van der Waals surface area contributed by atoms with Gasteiger partial charge in [0.15, 0.2) is 0 Å². The molecule has 1 amide bonds. The van der Waals surface area contributed by atoms with E-state index < -0.39 is 0 Å². The average Bonchev–Trinajstić information content (AvgIpc) is 2.78. The minimum absolute atomic E-state index is 0.0211. The van der Waals surface area contributed by atoms with Gasteiger partial charge in [-0.2, -0.15) is 0 Å². The highest BCUT2D eigenvalue weighted by Crippen LogP contribution is 2.32. The summed E-state index contributed by atoms with van der Waals surface area (Å²) in [4.78, 5) is 15.4. The van der Waals surface area contributed by atoms with Gasteiger partial charge < -0.3 is 10.2 Å². The van der Waals surface area contributed by atoms with E-state index in [2.05, 4.69) is 64.8 Å². The molecule has 0 spiro atoms.